The van der Waals surface area contributed by atoms with E-state index in [1.165, 1.54) is 0 Å². The molecule has 2 N–H and O–H groups in total. The van der Waals surface area contributed by atoms with E-state index in [0.717, 1.165) is 37.7 Å². The van der Waals surface area contributed by atoms with Crippen molar-refractivity contribution in [2.24, 2.45) is 5.73 Å². The number of rotatable bonds is 5. The van der Waals surface area contributed by atoms with Crippen LogP contribution in [-0.2, 0) is 0 Å². The maximum Gasteiger partial charge on any atom is 0.148 e. The van der Waals surface area contributed by atoms with Gasteiger partial charge in [0.05, 0.1) is 0 Å². The van der Waals surface area contributed by atoms with Crippen LogP contribution in [-0.4, -0.2) is 6.04 Å². The topological polar surface area (TPSA) is 35.2 Å². The number of aryl methyl sites for hydroxylation is 2. The fraction of sp³-hybridized carbons (Fsp3) is 0.375. The summed E-state index contributed by atoms with van der Waals surface area (Å²) in [5.41, 5.74) is 8.29. The van der Waals surface area contributed by atoms with Crippen LogP contribution in [0.5, 0.6) is 5.75 Å². The summed E-state index contributed by atoms with van der Waals surface area (Å²) in [5, 5.41) is 2.84. The number of benzene rings is 1. The van der Waals surface area contributed by atoms with Gasteiger partial charge in [-0.25, -0.2) is 0 Å². The molecule has 1 aromatic heterocycles. The standard InChI is InChI=1S/C16H19BrClNOS/c1-4-13(19)16(14-7-11(17)8-21-14)20-12-5-9(2)15(18)10(3)6-12/h5-8,13,16H,4,19H2,1-3H3. The summed E-state index contributed by atoms with van der Waals surface area (Å²) in [4.78, 5) is 1.13. The minimum Gasteiger partial charge on any atom is -0.483 e. The van der Waals surface area contributed by atoms with Crippen molar-refractivity contribution in [2.75, 3.05) is 0 Å². The molecule has 0 saturated carbocycles. The lowest BCUT2D eigenvalue weighted by Crippen LogP contribution is -2.30. The van der Waals surface area contributed by atoms with Crippen LogP contribution < -0.4 is 10.5 Å². The average Bonchev–Trinajstić information content (AvgIpc) is 2.87. The first-order valence-electron chi connectivity index (χ1n) is 6.85. The summed E-state index contributed by atoms with van der Waals surface area (Å²) in [6.45, 7) is 6.04. The Morgan fingerprint density at radius 3 is 2.38 bits per heavy atom. The molecule has 0 aliphatic carbocycles. The van der Waals surface area contributed by atoms with Crippen LogP contribution in [0.25, 0.3) is 0 Å². The van der Waals surface area contributed by atoms with Crippen LogP contribution in [0.2, 0.25) is 5.02 Å². The van der Waals surface area contributed by atoms with Crippen molar-refractivity contribution in [1.82, 2.24) is 0 Å². The first-order chi connectivity index (χ1) is 9.92. The largest absolute Gasteiger partial charge is 0.483 e. The number of ether oxygens (including phenoxy) is 1. The second kappa shape index (κ2) is 7.14. The van der Waals surface area contributed by atoms with E-state index in [1.807, 2.05) is 31.4 Å². The second-order valence-electron chi connectivity index (χ2n) is 5.15. The monoisotopic (exact) mass is 387 g/mol. The smallest absolute Gasteiger partial charge is 0.148 e. The van der Waals surface area contributed by atoms with Gasteiger partial charge in [-0.3, -0.25) is 0 Å². The molecule has 5 heteroatoms. The molecule has 0 bridgehead atoms. The van der Waals surface area contributed by atoms with E-state index in [2.05, 4.69) is 28.9 Å². The minimum atomic E-state index is -0.147. The first-order valence-corrected chi connectivity index (χ1v) is 8.90. The number of hydrogen-bond donors (Lipinski definition) is 1. The van der Waals surface area contributed by atoms with Crippen LogP contribution in [0.15, 0.2) is 28.1 Å². The van der Waals surface area contributed by atoms with E-state index >= 15 is 0 Å². The molecule has 0 saturated heterocycles. The fourth-order valence-electron chi connectivity index (χ4n) is 2.17. The SMILES string of the molecule is CCC(N)C(Oc1cc(C)c(Cl)c(C)c1)c1cc(Br)cs1. The lowest BCUT2D eigenvalue weighted by Gasteiger charge is -2.24. The average molecular weight is 389 g/mol. The van der Waals surface area contributed by atoms with Gasteiger partial charge in [-0.05, 0) is 65.5 Å². The van der Waals surface area contributed by atoms with Crippen LogP contribution in [0.3, 0.4) is 0 Å². The van der Waals surface area contributed by atoms with E-state index < -0.39 is 0 Å². The highest BCUT2D eigenvalue weighted by Gasteiger charge is 2.22. The van der Waals surface area contributed by atoms with Crippen LogP contribution in [0, 0.1) is 13.8 Å². The Balaban J connectivity index is 2.31. The predicted molar refractivity (Wildman–Crippen MR) is 94.6 cm³/mol. The third-order valence-corrected chi connectivity index (χ3v) is 5.75. The summed E-state index contributed by atoms with van der Waals surface area (Å²) in [6, 6.07) is 5.95. The van der Waals surface area contributed by atoms with Crippen LogP contribution >= 0.6 is 38.9 Å². The molecule has 0 radical (unpaired) electrons. The van der Waals surface area contributed by atoms with Crippen molar-refractivity contribution >= 4 is 38.9 Å². The Kier molecular flexibility index (Phi) is 5.72. The van der Waals surface area contributed by atoms with Gasteiger partial charge in [0.15, 0.2) is 0 Å². The molecule has 2 atom stereocenters. The predicted octanol–water partition coefficient (Wildman–Crippen LogP) is 5.64. The molecule has 0 amide bonds. The zero-order valence-electron chi connectivity index (χ0n) is 12.3. The molecule has 2 aromatic rings. The zero-order valence-corrected chi connectivity index (χ0v) is 15.5. The highest BCUT2D eigenvalue weighted by Crippen LogP contribution is 2.34. The Bertz CT molecular complexity index is 605. The minimum absolute atomic E-state index is 0.0492. The van der Waals surface area contributed by atoms with Crippen molar-refractivity contribution in [1.29, 1.82) is 0 Å². The lowest BCUT2D eigenvalue weighted by molar-refractivity contribution is 0.174. The summed E-state index contributed by atoms with van der Waals surface area (Å²) in [7, 11) is 0. The molecule has 0 aliphatic heterocycles. The summed E-state index contributed by atoms with van der Waals surface area (Å²) in [6.07, 6.45) is 0.706. The normalized spacial score (nSPS) is 14.0. The van der Waals surface area contributed by atoms with Gasteiger partial charge >= 0.3 is 0 Å². The number of thiophene rings is 1. The fourth-order valence-corrected chi connectivity index (χ4v) is 3.83. The molecule has 1 aromatic carbocycles. The Labute approximate surface area is 143 Å². The van der Waals surface area contributed by atoms with Gasteiger partial charge in [0.2, 0.25) is 0 Å². The highest BCUT2D eigenvalue weighted by atomic mass is 79.9. The second-order valence-corrected chi connectivity index (χ2v) is 7.39. The quantitative estimate of drug-likeness (QED) is 0.719. The van der Waals surface area contributed by atoms with Gasteiger partial charge in [0, 0.05) is 25.8 Å². The molecule has 114 valence electrons. The molecular formula is C16H19BrClNOS. The molecule has 21 heavy (non-hydrogen) atoms. The van der Waals surface area contributed by atoms with Gasteiger partial charge < -0.3 is 10.5 Å². The molecule has 1 heterocycles. The van der Waals surface area contributed by atoms with Crippen molar-refractivity contribution < 1.29 is 4.74 Å². The van der Waals surface area contributed by atoms with E-state index in [-0.39, 0.29) is 12.1 Å². The van der Waals surface area contributed by atoms with E-state index in [4.69, 9.17) is 22.1 Å². The van der Waals surface area contributed by atoms with Gasteiger partial charge in [0.1, 0.15) is 11.9 Å². The molecule has 0 spiro atoms. The molecule has 2 unspecified atom stereocenters. The van der Waals surface area contributed by atoms with Crippen molar-refractivity contribution in [3.63, 3.8) is 0 Å². The van der Waals surface area contributed by atoms with Crippen LogP contribution in [0.4, 0.5) is 0 Å². The van der Waals surface area contributed by atoms with Crippen molar-refractivity contribution in [2.45, 2.75) is 39.3 Å². The van der Waals surface area contributed by atoms with Gasteiger partial charge in [-0.1, -0.05) is 18.5 Å². The maximum absolute atomic E-state index is 6.25. The number of halogens is 2. The molecule has 2 rings (SSSR count). The zero-order chi connectivity index (χ0) is 15.6. The third kappa shape index (κ3) is 4.01. The first kappa shape index (κ1) is 16.8. The van der Waals surface area contributed by atoms with Crippen LogP contribution in [0.1, 0.15) is 35.5 Å². The third-order valence-electron chi connectivity index (χ3n) is 3.40. The van der Waals surface area contributed by atoms with Crippen molar-refractivity contribution in [3.8, 4) is 5.75 Å². The molecular weight excluding hydrogens is 370 g/mol. The van der Waals surface area contributed by atoms with Gasteiger partial charge in [-0.15, -0.1) is 11.3 Å². The van der Waals surface area contributed by atoms with Gasteiger partial charge in [0.25, 0.3) is 0 Å². The lowest BCUT2D eigenvalue weighted by atomic mass is 10.1. The number of hydrogen-bond acceptors (Lipinski definition) is 3. The Hall–Kier alpha value is -0.550. The van der Waals surface area contributed by atoms with E-state index in [9.17, 15) is 0 Å². The molecule has 0 fully saturated rings. The summed E-state index contributed by atoms with van der Waals surface area (Å²) in [5.74, 6) is 0.813. The van der Waals surface area contributed by atoms with Crippen molar-refractivity contribution in [3.05, 3.63) is 49.1 Å². The summed E-state index contributed by atoms with van der Waals surface area (Å²) >= 11 is 11.4. The Morgan fingerprint density at radius 1 is 1.29 bits per heavy atom. The number of nitrogens with two attached hydrogens (primary N) is 1. The Morgan fingerprint density at radius 2 is 1.90 bits per heavy atom. The highest BCUT2D eigenvalue weighted by molar-refractivity contribution is 9.10. The van der Waals surface area contributed by atoms with E-state index in [0.29, 0.717) is 0 Å². The maximum atomic E-state index is 6.25. The van der Waals surface area contributed by atoms with Gasteiger partial charge in [-0.2, -0.15) is 0 Å². The van der Waals surface area contributed by atoms with E-state index in [1.54, 1.807) is 11.3 Å². The molecule has 2 nitrogen and oxygen atoms in total. The summed E-state index contributed by atoms with van der Waals surface area (Å²) < 4.78 is 7.25. The molecule has 0 aliphatic rings.